The summed E-state index contributed by atoms with van der Waals surface area (Å²) in [5, 5.41) is 3.42. The Hall–Kier alpha value is -2.14. The third-order valence-electron chi connectivity index (χ3n) is 3.33. The third-order valence-corrected chi connectivity index (χ3v) is 3.33. The van der Waals surface area contributed by atoms with Crippen LogP contribution >= 0.6 is 0 Å². The standard InChI is InChI=1S/C16H21N3O2/c1-11-8-19-13(9-17-11)10-18-12(2)15-7-14(20-3)5-6-16(15)21-4/h5-9,12,18H,10H2,1-4H3. The zero-order valence-electron chi connectivity index (χ0n) is 12.9. The Morgan fingerprint density at radius 2 is 1.95 bits per heavy atom. The molecule has 0 bridgehead atoms. The number of aromatic nitrogens is 2. The van der Waals surface area contributed by atoms with E-state index in [0.717, 1.165) is 28.5 Å². The van der Waals surface area contributed by atoms with Crippen molar-refractivity contribution in [2.24, 2.45) is 0 Å². The number of hydrogen-bond acceptors (Lipinski definition) is 5. The van der Waals surface area contributed by atoms with Crippen LogP contribution in [0.1, 0.15) is 29.9 Å². The van der Waals surface area contributed by atoms with Gasteiger partial charge in [-0.15, -0.1) is 0 Å². The van der Waals surface area contributed by atoms with Gasteiger partial charge >= 0.3 is 0 Å². The molecule has 1 unspecified atom stereocenters. The van der Waals surface area contributed by atoms with Gasteiger partial charge < -0.3 is 14.8 Å². The molecule has 1 aromatic heterocycles. The van der Waals surface area contributed by atoms with E-state index in [1.165, 1.54) is 0 Å². The smallest absolute Gasteiger partial charge is 0.123 e. The number of hydrogen-bond donors (Lipinski definition) is 1. The minimum absolute atomic E-state index is 0.109. The molecule has 0 saturated heterocycles. The van der Waals surface area contributed by atoms with Gasteiger partial charge in [0.1, 0.15) is 11.5 Å². The van der Waals surface area contributed by atoms with Gasteiger partial charge in [0.25, 0.3) is 0 Å². The summed E-state index contributed by atoms with van der Waals surface area (Å²) in [7, 11) is 3.33. The topological polar surface area (TPSA) is 56.3 Å². The van der Waals surface area contributed by atoms with Crippen molar-refractivity contribution in [3.63, 3.8) is 0 Å². The molecule has 0 aliphatic carbocycles. The van der Waals surface area contributed by atoms with Gasteiger partial charge in [0.05, 0.1) is 25.6 Å². The molecule has 21 heavy (non-hydrogen) atoms. The van der Waals surface area contributed by atoms with Crippen LogP contribution in [-0.4, -0.2) is 24.2 Å². The lowest BCUT2D eigenvalue weighted by Crippen LogP contribution is -2.19. The highest BCUT2D eigenvalue weighted by Crippen LogP contribution is 2.29. The van der Waals surface area contributed by atoms with Gasteiger partial charge in [-0.3, -0.25) is 9.97 Å². The summed E-state index contributed by atoms with van der Waals surface area (Å²) in [4.78, 5) is 8.58. The summed E-state index contributed by atoms with van der Waals surface area (Å²) in [5.74, 6) is 1.65. The van der Waals surface area contributed by atoms with Crippen LogP contribution in [0.3, 0.4) is 0 Å². The summed E-state index contributed by atoms with van der Waals surface area (Å²) >= 11 is 0. The van der Waals surface area contributed by atoms with Gasteiger partial charge in [0.15, 0.2) is 0 Å². The predicted molar refractivity (Wildman–Crippen MR) is 81.6 cm³/mol. The van der Waals surface area contributed by atoms with Crippen molar-refractivity contribution in [1.29, 1.82) is 0 Å². The first kappa shape index (κ1) is 15.3. The molecule has 2 aromatic rings. The molecular weight excluding hydrogens is 266 g/mol. The van der Waals surface area contributed by atoms with Crippen LogP contribution in [0.2, 0.25) is 0 Å². The Labute approximate surface area is 125 Å². The lowest BCUT2D eigenvalue weighted by molar-refractivity contribution is 0.391. The molecule has 0 fully saturated rings. The van der Waals surface area contributed by atoms with Crippen molar-refractivity contribution in [2.45, 2.75) is 26.4 Å². The first-order valence-corrected chi connectivity index (χ1v) is 6.87. The summed E-state index contributed by atoms with van der Waals surface area (Å²) in [6.07, 6.45) is 3.56. The van der Waals surface area contributed by atoms with E-state index in [9.17, 15) is 0 Å². The lowest BCUT2D eigenvalue weighted by atomic mass is 10.1. The van der Waals surface area contributed by atoms with E-state index >= 15 is 0 Å². The van der Waals surface area contributed by atoms with Crippen LogP contribution in [0.25, 0.3) is 0 Å². The van der Waals surface area contributed by atoms with E-state index in [1.54, 1.807) is 26.6 Å². The van der Waals surface area contributed by atoms with Crippen molar-refractivity contribution in [2.75, 3.05) is 14.2 Å². The van der Waals surface area contributed by atoms with E-state index in [2.05, 4.69) is 22.2 Å². The molecule has 0 aliphatic rings. The highest BCUT2D eigenvalue weighted by atomic mass is 16.5. The molecule has 0 aliphatic heterocycles. The van der Waals surface area contributed by atoms with Crippen molar-refractivity contribution in [3.05, 3.63) is 47.5 Å². The molecule has 0 spiro atoms. The highest BCUT2D eigenvalue weighted by molar-refractivity contribution is 5.42. The minimum atomic E-state index is 0.109. The molecule has 1 N–H and O–H groups in total. The normalized spacial score (nSPS) is 12.0. The zero-order valence-corrected chi connectivity index (χ0v) is 12.9. The summed E-state index contributed by atoms with van der Waals surface area (Å²) in [5.41, 5.74) is 2.88. The number of rotatable bonds is 6. The summed E-state index contributed by atoms with van der Waals surface area (Å²) in [6, 6.07) is 5.90. The fourth-order valence-electron chi connectivity index (χ4n) is 2.06. The van der Waals surface area contributed by atoms with E-state index in [-0.39, 0.29) is 6.04 Å². The Kier molecular flexibility index (Phi) is 5.11. The molecule has 112 valence electrons. The average Bonchev–Trinajstić information content (AvgIpc) is 2.53. The monoisotopic (exact) mass is 287 g/mol. The zero-order chi connectivity index (χ0) is 15.2. The van der Waals surface area contributed by atoms with Gasteiger partial charge in [0, 0.05) is 30.5 Å². The van der Waals surface area contributed by atoms with Crippen molar-refractivity contribution < 1.29 is 9.47 Å². The second-order valence-corrected chi connectivity index (χ2v) is 4.86. The molecule has 1 aromatic carbocycles. The fraction of sp³-hybridized carbons (Fsp3) is 0.375. The SMILES string of the molecule is COc1ccc(OC)c(C(C)NCc2cnc(C)cn2)c1. The van der Waals surface area contributed by atoms with Crippen LogP contribution < -0.4 is 14.8 Å². The second kappa shape index (κ2) is 7.04. The predicted octanol–water partition coefficient (Wildman–Crippen LogP) is 2.65. The highest BCUT2D eigenvalue weighted by Gasteiger charge is 2.12. The van der Waals surface area contributed by atoms with E-state index in [1.807, 2.05) is 25.1 Å². The Bertz CT molecular complexity index is 585. The molecular formula is C16H21N3O2. The number of methoxy groups -OCH3 is 2. The van der Waals surface area contributed by atoms with Crippen LogP contribution in [0.4, 0.5) is 0 Å². The number of nitrogens with one attached hydrogen (secondary N) is 1. The number of benzene rings is 1. The number of ether oxygens (including phenoxy) is 2. The van der Waals surface area contributed by atoms with E-state index in [4.69, 9.17) is 9.47 Å². The molecule has 2 rings (SSSR count). The summed E-state index contributed by atoms with van der Waals surface area (Å²) in [6.45, 7) is 4.65. The molecule has 5 nitrogen and oxygen atoms in total. The maximum absolute atomic E-state index is 5.41. The van der Waals surface area contributed by atoms with E-state index in [0.29, 0.717) is 6.54 Å². The van der Waals surface area contributed by atoms with Crippen LogP contribution in [0, 0.1) is 6.92 Å². The van der Waals surface area contributed by atoms with Gasteiger partial charge in [0.2, 0.25) is 0 Å². The largest absolute Gasteiger partial charge is 0.497 e. The van der Waals surface area contributed by atoms with Crippen LogP contribution in [-0.2, 0) is 6.54 Å². The average molecular weight is 287 g/mol. The molecule has 1 atom stereocenters. The van der Waals surface area contributed by atoms with Crippen LogP contribution in [0.5, 0.6) is 11.5 Å². The number of nitrogens with zero attached hydrogens (tertiary/aromatic N) is 2. The first-order valence-electron chi connectivity index (χ1n) is 6.87. The van der Waals surface area contributed by atoms with Gasteiger partial charge in [-0.1, -0.05) is 0 Å². The second-order valence-electron chi connectivity index (χ2n) is 4.86. The summed E-state index contributed by atoms with van der Waals surface area (Å²) < 4.78 is 10.7. The van der Waals surface area contributed by atoms with Crippen molar-refractivity contribution >= 4 is 0 Å². The van der Waals surface area contributed by atoms with Gasteiger partial charge in [-0.05, 0) is 32.0 Å². The fourth-order valence-corrected chi connectivity index (χ4v) is 2.06. The van der Waals surface area contributed by atoms with Crippen molar-refractivity contribution in [1.82, 2.24) is 15.3 Å². The maximum Gasteiger partial charge on any atom is 0.123 e. The van der Waals surface area contributed by atoms with Gasteiger partial charge in [-0.2, -0.15) is 0 Å². The molecule has 0 radical (unpaired) electrons. The minimum Gasteiger partial charge on any atom is -0.497 e. The number of aryl methyl sites for hydroxylation is 1. The molecule has 0 amide bonds. The molecule has 5 heteroatoms. The first-order chi connectivity index (χ1) is 10.1. The van der Waals surface area contributed by atoms with Crippen LogP contribution in [0.15, 0.2) is 30.6 Å². The lowest BCUT2D eigenvalue weighted by Gasteiger charge is -2.18. The Morgan fingerprint density at radius 1 is 1.14 bits per heavy atom. The molecule has 0 saturated carbocycles. The Morgan fingerprint density at radius 3 is 2.57 bits per heavy atom. The Balaban J connectivity index is 2.08. The van der Waals surface area contributed by atoms with E-state index < -0.39 is 0 Å². The van der Waals surface area contributed by atoms with Gasteiger partial charge in [-0.25, -0.2) is 0 Å². The third kappa shape index (κ3) is 3.92. The molecule has 1 heterocycles. The quantitative estimate of drug-likeness (QED) is 0.885. The maximum atomic E-state index is 5.41. The van der Waals surface area contributed by atoms with Crippen molar-refractivity contribution in [3.8, 4) is 11.5 Å².